The number of hydrogen-bond donors (Lipinski definition) is 0. The normalized spacial score (nSPS) is 19.1. The first-order chi connectivity index (χ1) is 12.4. The van der Waals surface area contributed by atoms with Crippen LogP contribution in [0.3, 0.4) is 0 Å². The second kappa shape index (κ2) is 9.04. The number of hydrogen-bond acceptors (Lipinski definition) is 2. The zero-order valence-electron chi connectivity index (χ0n) is 14.1. The van der Waals surface area contributed by atoms with Crippen LogP contribution in [0.15, 0.2) is 48.7 Å². The van der Waals surface area contributed by atoms with E-state index in [4.69, 9.17) is 4.74 Å². The summed E-state index contributed by atoms with van der Waals surface area (Å²) in [6.07, 6.45) is -0.108. The molecule has 0 N–H and O–H groups in total. The van der Waals surface area contributed by atoms with Gasteiger partial charge in [-0.1, -0.05) is 38.6 Å². The van der Waals surface area contributed by atoms with Gasteiger partial charge in [-0.3, -0.25) is 0 Å². The van der Waals surface area contributed by atoms with Crippen LogP contribution < -0.4 is 4.74 Å². The summed E-state index contributed by atoms with van der Waals surface area (Å²) in [6.45, 7) is 2.87. The minimum Gasteiger partial charge on any atom is -0.453 e. The van der Waals surface area contributed by atoms with Gasteiger partial charge in [-0.2, -0.15) is 8.78 Å². The van der Waals surface area contributed by atoms with E-state index in [-0.39, 0.29) is 19.8 Å². The van der Waals surface area contributed by atoms with Crippen LogP contribution in [0.5, 0.6) is 5.75 Å². The zero-order chi connectivity index (χ0) is 18.7. The lowest BCUT2D eigenvalue weighted by Gasteiger charge is -2.27. The van der Waals surface area contributed by atoms with E-state index in [1.807, 2.05) is 12.1 Å². The van der Waals surface area contributed by atoms with E-state index in [1.54, 1.807) is 12.1 Å². The van der Waals surface area contributed by atoms with Crippen molar-refractivity contribution in [3.8, 4) is 16.9 Å². The van der Waals surface area contributed by atoms with Gasteiger partial charge in [0.2, 0.25) is 0 Å². The average molecular weight is 382 g/mol. The van der Waals surface area contributed by atoms with Crippen LogP contribution in [0.25, 0.3) is 11.1 Å². The Morgan fingerprint density at radius 2 is 1.67 bits per heavy atom. The van der Waals surface area contributed by atoms with E-state index in [9.17, 15) is 17.6 Å². The van der Waals surface area contributed by atoms with Crippen molar-refractivity contribution in [1.82, 2.24) is 0 Å². The van der Waals surface area contributed by atoms with Crippen molar-refractivity contribution in [2.45, 2.75) is 33.3 Å². The van der Waals surface area contributed by atoms with Gasteiger partial charge in [0.25, 0.3) is 0 Å². The molecule has 1 aliphatic heterocycles. The Labute approximate surface area is 156 Å². The van der Waals surface area contributed by atoms with Crippen molar-refractivity contribution in [1.29, 1.82) is 0 Å². The molecular formula is C21H22F4O2. The molecule has 0 aromatic heterocycles. The van der Waals surface area contributed by atoms with Crippen LogP contribution in [-0.2, 0) is 4.74 Å². The Balaban J connectivity index is 0.00000261. The molecule has 0 saturated carbocycles. The van der Waals surface area contributed by atoms with Gasteiger partial charge in [0.1, 0.15) is 0 Å². The van der Waals surface area contributed by atoms with Gasteiger partial charge >= 0.3 is 6.08 Å². The van der Waals surface area contributed by atoms with E-state index in [0.29, 0.717) is 17.0 Å². The molecule has 0 amide bonds. The van der Waals surface area contributed by atoms with Gasteiger partial charge in [0.15, 0.2) is 23.6 Å². The van der Waals surface area contributed by atoms with Gasteiger partial charge < -0.3 is 9.47 Å². The van der Waals surface area contributed by atoms with Gasteiger partial charge in [-0.05, 0) is 47.6 Å². The van der Waals surface area contributed by atoms with Gasteiger partial charge in [-0.15, -0.1) is 0 Å². The number of benzene rings is 2. The summed E-state index contributed by atoms with van der Waals surface area (Å²) in [5.41, 5.74) is 1.92. The standard InChI is InChI=1S/C20H18F4O2.CH4/c1-12-2-7-18(25-10-12)14-5-3-13(4-6-14)15-8-16(21)20(17(22)9-15)26-11-19(23)24;/h3-6,8-9,11-12,18H,2,7,10H2,1H3;1H4. The van der Waals surface area contributed by atoms with Crippen LogP contribution in [0.2, 0.25) is 0 Å². The zero-order valence-corrected chi connectivity index (χ0v) is 14.1. The largest absolute Gasteiger partial charge is 0.453 e. The molecule has 6 heteroatoms. The molecule has 2 atom stereocenters. The smallest absolute Gasteiger partial charge is 0.305 e. The van der Waals surface area contributed by atoms with Crippen LogP contribution >= 0.6 is 0 Å². The third kappa shape index (κ3) is 5.10. The molecule has 1 fully saturated rings. The number of ether oxygens (including phenoxy) is 2. The van der Waals surface area contributed by atoms with Crippen LogP contribution in [-0.4, -0.2) is 6.61 Å². The van der Waals surface area contributed by atoms with Crippen molar-refractivity contribution in [3.05, 3.63) is 65.9 Å². The third-order valence-electron chi connectivity index (χ3n) is 4.38. The summed E-state index contributed by atoms with van der Waals surface area (Å²) in [5, 5.41) is 0. The maximum absolute atomic E-state index is 14.0. The average Bonchev–Trinajstić information content (AvgIpc) is 2.61. The number of halogens is 4. The highest BCUT2D eigenvalue weighted by atomic mass is 19.3. The first kappa shape index (κ1) is 21.0. The highest BCUT2D eigenvalue weighted by molar-refractivity contribution is 5.65. The first-order valence-corrected chi connectivity index (χ1v) is 8.33. The van der Waals surface area contributed by atoms with Crippen molar-refractivity contribution in [3.63, 3.8) is 0 Å². The predicted molar refractivity (Wildman–Crippen MR) is 96.5 cm³/mol. The Kier molecular flexibility index (Phi) is 7.02. The molecule has 2 aromatic rings. The minimum atomic E-state index is -2.18. The monoisotopic (exact) mass is 382 g/mol. The molecule has 0 radical (unpaired) electrons. The summed E-state index contributed by atoms with van der Waals surface area (Å²) >= 11 is 0. The molecule has 2 nitrogen and oxygen atoms in total. The van der Waals surface area contributed by atoms with Crippen molar-refractivity contribution < 1.29 is 27.0 Å². The number of rotatable bonds is 4. The molecule has 3 rings (SSSR count). The second-order valence-electron chi connectivity index (χ2n) is 6.42. The topological polar surface area (TPSA) is 18.5 Å². The van der Waals surface area contributed by atoms with E-state index in [0.717, 1.165) is 37.1 Å². The molecule has 1 saturated heterocycles. The predicted octanol–water partition coefficient (Wildman–Crippen LogP) is 6.87. The van der Waals surface area contributed by atoms with Crippen LogP contribution in [0.4, 0.5) is 17.6 Å². The second-order valence-corrected chi connectivity index (χ2v) is 6.42. The summed E-state index contributed by atoms with van der Waals surface area (Å²) in [7, 11) is 0. The van der Waals surface area contributed by atoms with E-state index in [2.05, 4.69) is 11.7 Å². The lowest BCUT2D eigenvalue weighted by Crippen LogP contribution is -2.18. The Morgan fingerprint density at radius 1 is 1.04 bits per heavy atom. The van der Waals surface area contributed by atoms with E-state index < -0.39 is 23.5 Å². The maximum Gasteiger partial charge on any atom is 0.305 e. The highest BCUT2D eigenvalue weighted by Crippen LogP contribution is 2.33. The SMILES string of the molecule is C.CC1CCC(c2ccc(-c3cc(F)c(OC=C(F)F)c(F)c3)cc2)OC1. The summed E-state index contributed by atoms with van der Waals surface area (Å²) in [4.78, 5) is 0. The van der Waals surface area contributed by atoms with E-state index in [1.165, 1.54) is 0 Å². The quantitative estimate of drug-likeness (QED) is 0.424. The Hall–Kier alpha value is -2.34. The van der Waals surface area contributed by atoms with Crippen LogP contribution in [0.1, 0.15) is 38.9 Å². The summed E-state index contributed by atoms with van der Waals surface area (Å²) in [5.74, 6) is -2.40. The van der Waals surface area contributed by atoms with Gasteiger partial charge in [-0.25, -0.2) is 8.78 Å². The van der Waals surface area contributed by atoms with Crippen LogP contribution in [0, 0.1) is 17.6 Å². The Bertz CT molecular complexity index is 767. The summed E-state index contributed by atoms with van der Waals surface area (Å²) < 4.78 is 62.2. The third-order valence-corrected chi connectivity index (χ3v) is 4.38. The lowest BCUT2D eigenvalue weighted by atomic mass is 9.94. The van der Waals surface area contributed by atoms with Gasteiger partial charge in [0, 0.05) is 6.61 Å². The van der Waals surface area contributed by atoms with E-state index >= 15 is 0 Å². The summed E-state index contributed by atoms with van der Waals surface area (Å²) in [6, 6.07) is 9.36. The maximum atomic E-state index is 14.0. The lowest BCUT2D eigenvalue weighted by molar-refractivity contribution is -0.0123. The molecule has 0 bridgehead atoms. The fourth-order valence-corrected chi connectivity index (χ4v) is 2.98. The highest BCUT2D eigenvalue weighted by Gasteiger charge is 2.20. The molecule has 27 heavy (non-hydrogen) atoms. The molecule has 2 unspecified atom stereocenters. The fraction of sp³-hybridized carbons (Fsp3) is 0.333. The van der Waals surface area contributed by atoms with Gasteiger partial charge in [0.05, 0.1) is 6.10 Å². The molecule has 0 aliphatic carbocycles. The molecule has 1 heterocycles. The fourth-order valence-electron chi connectivity index (χ4n) is 2.98. The van der Waals surface area contributed by atoms with Crippen molar-refractivity contribution in [2.24, 2.45) is 5.92 Å². The first-order valence-electron chi connectivity index (χ1n) is 8.33. The molecule has 1 aliphatic rings. The van der Waals surface area contributed by atoms with Crippen molar-refractivity contribution >= 4 is 0 Å². The molecule has 146 valence electrons. The molecule has 2 aromatic carbocycles. The minimum absolute atomic E-state index is 0. The molecular weight excluding hydrogens is 360 g/mol. The molecule has 0 spiro atoms. The Morgan fingerprint density at radius 3 is 2.19 bits per heavy atom. The van der Waals surface area contributed by atoms with Crippen molar-refractivity contribution in [2.75, 3.05) is 6.61 Å².